The highest BCUT2D eigenvalue weighted by Gasteiger charge is 2.29. The van der Waals surface area contributed by atoms with E-state index in [4.69, 9.17) is 15.3 Å². The van der Waals surface area contributed by atoms with Crippen LogP contribution in [-0.2, 0) is 0 Å². The van der Waals surface area contributed by atoms with Gasteiger partial charge in [0.1, 0.15) is 11.5 Å². The van der Waals surface area contributed by atoms with Crippen molar-refractivity contribution >= 4 is 0 Å². The van der Waals surface area contributed by atoms with E-state index >= 15 is 0 Å². The minimum Gasteiger partial charge on any atom is -0.497 e. The first-order valence-corrected chi connectivity index (χ1v) is 7.37. The highest BCUT2D eigenvalue weighted by Crippen LogP contribution is 2.40. The molecule has 0 aliphatic heterocycles. The number of hydrogen-bond donors (Lipinski definition) is 2. The molecule has 0 spiro atoms. The minimum absolute atomic E-state index is 0.138. The lowest BCUT2D eigenvalue weighted by Crippen LogP contribution is -2.35. The summed E-state index contributed by atoms with van der Waals surface area (Å²) in [4.78, 5) is 0. The molecule has 0 saturated heterocycles. The van der Waals surface area contributed by atoms with Crippen molar-refractivity contribution in [2.24, 2.45) is 17.7 Å². The van der Waals surface area contributed by atoms with Crippen LogP contribution in [0.2, 0.25) is 0 Å². The van der Waals surface area contributed by atoms with Crippen molar-refractivity contribution in [2.75, 3.05) is 14.2 Å². The summed E-state index contributed by atoms with van der Waals surface area (Å²) < 4.78 is 10.8. The van der Waals surface area contributed by atoms with Crippen LogP contribution < -0.4 is 20.7 Å². The average Bonchev–Trinajstić information content (AvgIpc) is 2.48. The quantitative estimate of drug-likeness (QED) is 0.642. The summed E-state index contributed by atoms with van der Waals surface area (Å²) in [7, 11) is 3.35. The molecule has 1 aromatic rings. The topological polar surface area (TPSA) is 56.5 Å². The first kappa shape index (κ1) is 15.1. The second kappa shape index (κ2) is 6.95. The second-order valence-electron chi connectivity index (χ2n) is 5.78. The number of hydrazine groups is 1. The number of nitrogens with two attached hydrogens (primary N) is 1. The van der Waals surface area contributed by atoms with Gasteiger partial charge in [0, 0.05) is 11.6 Å². The maximum Gasteiger partial charge on any atom is 0.127 e. The van der Waals surface area contributed by atoms with Gasteiger partial charge in [-0.3, -0.25) is 11.3 Å². The maximum atomic E-state index is 5.84. The summed E-state index contributed by atoms with van der Waals surface area (Å²) in [6.45, 7) is 2.32. The predicted octanol–water partition coefficient (Wildman–Crippen LogP) is 3.03. The van der Waals surface area contributed by atoms with E-state index < -0.39 is 0 Å². The Balaban J connectivity index is 2.26. The molecule has 0 bridgehead atoms. The van der Waals surface area contributed by atoms with Crippen LogP contribution in [0.3, 0.4) is 0 Å². The summed E-state index contributed by atoms with van der Waals surface area (Å²) in [6.07, 6.45) is 5.04. The first-order chi connectivity index (χ1) is 9.69. The first-order valence-electron chi connectivity index (χ1n) is 7.37. The van der Waals surface area contributed by atoms with Crippen molar-refractivity contribution in [1.82, 2.24) is 5.43 Å². The summed E-state index contributed by atoms with van der Waals surface area (Å²) in [5.41, 5.74) is 4.12. The van der Waals surface area contributed by atoms with Crippen LogP contribution in [0, 0.1) is 11.8 Å². The largest absolute Gasteiger partial charge is 0.497 e. The zero-order valence-corrected chi connectivity index (χ0v) is 12.7. The molecule has 3 N–H and O–H groups in total. The lowest BCUT2D eigenvalue weighted by atomic mass is 9.77. The molecule has 1 saturated carbocycles. The van der Waals surface area contributed by atoms with Gasteiger partial charge in [0.15, 0.2) is 0 Å². The molecule has 1 fully saturated rings. The summed E-state index contributed by atoms with van der Waals surface area (Å²) in [6, 6.07) is 6.08. The smallest absolute Gasteiger partial charge is 0.127 e. The zero-order valence-electron chi connectivity index (χ0n) is 12.7. The van der Waals surface area contributed by atoms with Gasteiger partial charge in [0.25, 0.3) is 0 Å². The molecular weight excluding hydrogens is 252 g/mol. The van der Waals surface area contributed by atoms with Crippen molar-refractivity contribution < 1.29 is 9.47 Å². The summed E-state index contributed by atoms with van der Waals surface area (Å²) >= 11 is 0. The van der Waals surface area contributed by atoms with Gasteiger partial charge in [0.2, 0.25) is 0 Å². The van der Waals surface area contributed by atoms with Gasteiger partial charge in [-0.05, 0) is 30.7 Å². The fraction of sp³-hybridized carbons (Fsp3) is 0.625. The predicted molar refractivity (Wildman–Crippen MR) is 80.7 cm³/mol. The van der Waals surface area contributed by atoms with Crippen molar-refractivity contribution in [1.29, 1.82) is 0 Å². The lowest BCUT2D eigenvalue weighted by Gasteiger charge is -2.33. The van der Waals surface area contributed by atoms with Crippen LogP contribution >= 0.6 is 0 Å². The Morgan fingerprint density at radius 2 is 2.05 bits per heavy atom. The van der Waals surface area contributed by atoms with E-state index in [1.807, 2.05) is 12.1 Å². The minimum atomic E-state index is 0.138. The molecule has 1 aromatic carbocycles. The van der Waals surface area contributed by atoms with Crippen molar-refractivity contribution in [3.63, 3.8) is 0 Å². The van der Waals surface area contributed by atoms with E-state index in [9.17, 15) is 0 Å². The fourth-order valence-corrected chi connectivity index (χ4v) is 3.34. The number of nitrogens with one attached hydrogen (secondary N) is 1. The summed E-state index contributed by atoms with van der Waals surface area (Å²) in [5, 5.41) is 0. The second-order valence-corrected chi connectivity index (χ2v) is 5.78. The average molecular weight is 278 g/mol. The van der Waals surface area contributed by atoms with Crippen LogP contribution in [0.25, 0.3) is 0 Å². The number of hydrogen-bond acceptors (Lipinski definition) is 4. The standard InChI is InChI=1S/C16H26N2O2/c1-11-5-4-6-12(9-11)16(18-17)14-8-7-13(19-2)10-15(14)20-3/h7-8,10-12,16,18H,4-6,9,17H2,1-3H3. The normalized spacial score (nSPS) is 24.2. The Morgan fingerprint density at radius 3 is 2.65 bits per heavy atom. The van der Waals surface area contributed by atoms with E-state index in [2.05, 4.69) is 18.4 Å². The molecule has 0 amide bonds. The number of methoxy groups -OCH3 is 2. The lowest BCUT2D eigenvalue weighted by molar-refractivity contribution is 0.221. The number of ether oxygens (including phenoxy) is 2. The van der Waals surface area contributed by atoms with Crippen LogP contribution in [0.4, 0.5) is 0 Å². The van der Waals surface area contributed by atoms with Gasteiger partial charge in [0.05, 0.1) is 20.3 Å². The van der Waals surface area contributed by atoms with Crippen LogP contribution in [0.1, 0.15) is 44.2 Å². The van der Waals surface area contributed by atoms with Gasteiger partial charge >= 0.3 is 0 Å². The molecule has 0 aromatic heterocycles. The van der Waals surface area contributed by atoms with Gasteiger partial charge in [-0.2, -0.15) is 0 Å². The molecule has 4 heteroatoms. The van der Waals surface area contributed by atoms with Crippen LogP contribution in [-0.4, -0.2) is 14.2 Å². The molecule has 2 rings (SSSR count). The number of rotatable bonds is 5. The van der Waals surface area contributed by atoms with E-state index in [0.29, 0.717) is 5.92 Å². The Labute approximate surface area is 121 Å². The Bertz CT molecular complexity index is 436. The fourth-order valence-electron chi connectivity index (χ4n) is 3.34. The molecular formula is C16H26N2O2. The number of benzene rings is 1. The summed E-state index contributed by atoms with van der Waals surface area (Å²) in [5.74, 6) is 8.81. The van der Waals surface area contributed by atoms with E-state index in [1.54, 1.807) is 14.2 Å². The van der Waals surface area contributed by atoms with Crippen LogP contribution in [0.15, 0.2) is 18.2 Å². The molecule has 20 heavy (non-hydrogen) atoms. The highest BCUT2D eigenvalue weighted by atomic mass is 16.5. The maximum absolute atomic E-state index is 5.84. The van der Waals surface area contributed by atoms with Crippen molar-refractivity contribution in [3.05, 3.63) is 23.8 Å². The molecule has 0 heterocycles. The highest BCUT2D eigenvalue weighted by molar-refractivity contribution is 5.42. The van der Waals surface area contributed by atoms with Crippen LogP contribution in [0.5, 0.6) is 11.5 Å². The molecule has 3 atom stereocenters. The Morgan fingerprint density at radius 1 is 1.25 bits per heavy atom. The SMILES string of the molecule is COc1ccc(C(NN)C2CCCC(C)C2)c(OC)c1. The Hall–Kier alpha value is -1.26. The third kappa shape index (κ3) is 3.25. The monoisotopic (exact) mass is 278 g/mol. The molecule has 112 valence electrons. The van der Waals surface area contributed by atoms with Gasteiger partial charge in [-0.1, -0.05) is 25.8 Å². The van der Waals surface area contributed by atoms with Crippen molar-refractivity contribution in [2.45, 2.75) is 38.6 Å². The van der Waals surface area contributed by atoms with E-state index in [-0.39, 0.29) is 6.04 Å². The third-order valence-corrected chi connectivity index (χ3v) is 4.40. The van der Waals surface area contributed by atoms with Gasteiger partial charge in [-0.25, -0.2) is 0 Å². The molecule has 4 nitrogen and oxygen atoms in total. The van der Waals surface area contributed by atoms with E-state index in [0.717, 1.165) is 23.0 Å². The van der Waals surface area contributed by atoms with Gasteiger partial charge in [-0.15, -0.1) is 0 Å². The molecule has 1 aliphatic carbocycles. The zero-order chi connectivity index (χ0) is 14.5. The van der Waals surface area contributed by atoms with Gasteiger partial charge < -0.3 is 9.47 Å². The van der Waals surface area contributed by atoms with E-state index in [1.165, 1.54) is 25.7 Å². The van der Waals surface area contributed by atoms with Crippen molar-refractivity contribution in [3.8, 4) is 11.5 Å². The Kier molecular flexibility index (Phi) is 5.26. The molecule has 3 unspecified atom stereocenters. The molecule has 1 aliphatic rings. The molecule has 0 radical (unpaired) electrons. The third-order valence-electron chi connectivity index (χ3n) is 4.40.